The summed E-state index contributed by atoms with van der Waals surface area (Å²) in [7, 11) is -1.37. The lowest BCUT2D eigenvalue weighted by Gasteiger charge is -2.36. The summed E-state index contributed by atoms with van der Waals surface area (Å²) in [5.74, 6) is 1.15. The van der Waals surface area contributed by atoms with E-state index >= 15 is 0 Å². The van der Waals surface area contributed by atoms with Gasteiger partial charge in [-0.05, 0) is 25.0 Å². The smallest absolute Gasteiger partial charge is 0.237 e. The van der Waals surface area contributed by atoms with Gasteiger partial charge in [0.25, 0.3) is 0 Å². The maximum Gasteiger partial charge on any atom is 0.237 e. The number of benzene rings is 2. The summed E-state index contributed by atoms with van der Waals surface area (Å²) in [5.41, 5.74) is 3.42. The van der Waals surface area contributed by atoms with Crippen LogP contribution in [-0.2, 0) is 27.7 Å². The number of hydrogen-bond donors (Lipinski definition) is 0. The fourth-order valence-corrected chi connectivity index (χ4v) is 6.61. The quantitative estimate of drug-likeness (QED) is 0.572. The summed E-state index contributed by atoms with van der Waals surface area (Å²) in [4.78, 5) is 19.7. The van der Waals surface area contributed by atoms with Crippen molar-refractivity contribution >= 4 is 15.7 Å². The third kappa shape index (κ3) is 6.37. The zero-order valence-electron chi connectivity index (χ0n) is 20.2. The van der Waals surface area contributed by atoms with E-state index in [0.717, 1.165) is 44.0 Å². The molecule has 1 unspecified atom stereocenters. The van der Waals surface area contributed by atoms with E-state index in [4.69, 9.17) is 4.74 Å². The van der Waals surface area contributed by atoms with Crippen LogP contribution < -0.4 is 4.74 Å². The van der Waals surface area contributed by atoms with Crippen LogP contribution in [0.4, 0.5) is 0 Å². The van der Waals surface area contributed by atoms with Gasteiger partial charge in [-0.3, -0.25) is 14.6 Å². The fraction of sp³-hybridized carbons (Fsp3) is 0.500. The van der Waals surface area contributed by atoms with Gasteiger partial charge in [-0.25, -0.2) is 8.42 Å². The van der Waals surface area contributed by atoms with Crippen molar-refractivity contribution in [2.75, 3.05) is 51.3 Å². The molecule has 2 aromatic carbocycles. The zero-order chi connectivity index (χ0) is 24.1. The number of nitrogens with zero attached hydrogens (tertiary/aromatic N) is 3. The van der Waals surface area contributed by atoms with Gasteiger partial charge in [-0.1, -0.05) is 48.0 Å². The van der Waals surface area contributed by atoms with E-state index in [1.165, 1.54) is 11.1 Å². The highest BCUT2D eigenvalue weighted by Gasteiger charge is 2.35. The van der Waals surface area contributed by atoms with Gasteiger partial charge in [-0.15, -0.1) is 0 Å². The molecule has 0 spiro atoms. The van der Waals surface area contributed by atoms with Crippen molar-refractivity contribution in [1.82, 2.24) is 14.7 Å². The Morgan fingerprint density at radius 3 is 2.41 bits per heavy atom. The molecule has 0 aromatic heterocycles. The first-order valence-corrected chi connectivity index (χ1v) is 13.8. The Labute approximate surface area is 203 Å². The van der Waals surface area contributed by atoms with Crippen molar-refractivity contribution < 1.29 is 17.9 Å². The molecular formula is C26H35N3O4S. The van der Waals surface area contributed by atoms with Gasteiger partial charge in [0.15, 0.2) is 9.84 Å². The number of amides is 1. The molecule has 0 bridgehead atoms. The lowest BCUT2D eigenvalue weighted by atomic mass is 10.1. The van der Waals surface area contributed by atoms with Crippen LogP contribution >= 0.6 is 0 Å². The first-order chi connectivity index (χ1) is 16.3. The number of methoxy groups -OCH3 is 1. The minimum atomic E-state index is -3.07. The van der Waals surface area contributed by atoms with Crippen LogP contribution in [0, 0.1) is 6.92 Å². The lowest BCUT2D eigenvalue weighted by Crippen LogP contribution is -2.51. The van der Waals surface area contributed by atoms with Crippen molar-refractivity contribution in [3.05, 3.63) is 65.2 Å². The van der Waals surface area contributed by atoms with Crippen molar-refractivity contribution in [1.29, 1.82) is 0 Å². The van der Waals surface area contributed by atoms with E-state index in [-0.39, 0.29) is 23.5 Å². The van der Waals surface area contributed by atoms with Crippen molar-refractivity contribution in [3.8, 4) is 5.75 Å². The molecule has 2 fully saturated rings. The number of piperazine rings is 1. The number of sulfone groups is 1. The highest BCUT2D eigenvalue weighted by Crippen LogP contribution is 2.23. The molecule has 2 aliphatic heterocycles. The van der Waals surface area contributed by atoms with Crippen LogP contribution in [-0.4, -0.2) is 86.4 Å². The van der Waals surface area contributed by atoms with E-state index in [9.17, 15) is 13.2 Å². The third-order valence-corrected chi connectivity index (χ3v) is 8.57. The summed E-state index contributed by atoms with van der Waals surface area (Å²) in [5, 5.41) is 0. The maximum absolute atomic E-state index is 13.4. The molecule has 0 radical (unpaired) electrons. The van der Waals surface area contributed by atoms with Crippen LogP contribution in [0.25, 0.3) is 0 Å². The Balaban J connectivity index is 1.36. The summed E-state index contributed by atoms with van der Waals surface area (Å²) in [6, 6.07) is 15.8. The highest BCUT2D eigenvalue weighted by molar-refractivity contribution is 7.91. The Hall–Kier alpha value is -2.42. The van der Waals surface area contributed by atoms with Gasteiger partial charge in [0.2, 0.25) is 5.91 Å². The predicted molar refractivity (Wildman–Crippen MR) is 133 cm³/mol. The van der Waals surface area contributed by atoms with E-state index < -0.39 is 9.84 Å². The van der Waals surface area contributed by atoms with Gasteiger partial charge >= 0.3 is 0 Å². The molecule has 2 aromatic rings. The molecule has 1 amide bonds. The standard InChI is InChI=1S/C26H35N3O4S/c1-21-8-9-25(33-2)23(16-21)18-27-11-13-28(14-12-27)19-26(30)29(17-22-6-4-3-5-7-22)24-10-15-34(31,32)20-24/h3-9,16,24H,10-15,17-20H2,1-2H3. The number of ether oxygens (including phenoxy) is 1. The predicted octanol–water partition coefficient (Wildman–Crippen LogP) is 2.34. The van der Waals surface area contributed by atoms with E-state index in [2.05, 4.69) is 28.9 Å². The molecule has 2 saturated heterocycles. The van der Waals surface area contributed by atoms with E-state index in [1.54, 1.807) is 12.0 Å². The fourth-order valence-electron chi connectivity index (χ4n) is 4.88. The van der Waals surface area contributed by atoms with Gasteiger partial charge in [-0.2, -0.15) is 0 Å². The molecule has 8 heteroatoms. The summed E-state index contributed by atoms with van der Waals surface area (Å²) in [6.45, 7) is 7.06. The zero-order valence-corrected chi connectivity index (χ0v) is 21.0. The number of carbonyl (C=O) groups excluding carboxylic acids is 1. The average molecular weight is 486 g/mol. The highest BCUT2D eigenvalue weighted by atomic mass is 32.2. The van der Waals surface area contributed by atoms with Crippen LogP contribution in [0.2, 0.25) is 0 Å². The number of aryl methyl sites for hydroxylation is 1. The number of hydrogen-bond acceptors (Lipinski definition) is 6. The molecule has 34 heavy (non-hydrogen) atoms. The van der Waals surface area contributed by atoms with Gasteiger partial charge in [0.05, 0.1) is 25.2 Å². The lowest BCUT2D eigenvalue weighted by molar-refractivity contribution is -0.135. The second-order valence-electron chi connectivity index (χ2n) is 9.43. The summed E-state index contributed by atoms with van der Waals surface area (Å²) >= 11 is 0. The Kier molecular flexibility index (Phi) is 7.91. The molecular weight excluding hydrogens is 450 g/mol. The molecule has 2 aliphatic rings. The first kappa shape index (κ1) is 24.7. The average Bonchev–Trinajstić information content (AvgIpc) is 3.19. The normalized spacial score (nSPS) is 20.8. The van der Waals surface area contributed by atoms with Crippen molar-refractivity contribution in [2.24, 2.45) is 0 Å². The largest absolute Gasteiger partial charge is 0.496 e. The van der Waals surface area contributed by atoms with Crippen LogP contribution in [0.5, 0.6) is 5.75 Å². The van der Waals surface area contributed by atoms with Crippen molar-refractivity contribution in [2.45, 2.75) is 32.5 Å². The molecule has 0 aliphatic carbocycles. The summed E-state index contributed by atoms with van der Waals surface area (Å²) < 4.78 is 29.7. The minimum absolute atomic E-state index is 0.0137. The first-order valence-electron chi connectivity index (χ1n) is 11.9. The molecule has 1 atom stereocenters. The Morgan fingerprint density at radius 2 is 1.76 bits per heavy atom. The van der Waals surface area contributed by atoms with E-state index in [1.807, 2.05) is 36.4 Å². The van der Waals surface area contributed by atoms with Crippen LogP contribution in [0.1, 0.15) is 23.1 Å². The van der Waals surface area contributed by atoms with E-state index in [0.29, 0.717) is 19.5 Å². The molecule has 0 saturated carbocycles. The Bertz CT molecular complexity index is 1080. The molecule has 7 nitrogen and oxygen atoms in total. The minimum Gasteiger partial charge on any atom is -0.496 e. The van der Waals surface area contributed by atoms with Gasteiger partial charge < -0.3 is 9.64 Å². The third-order valence-electron chi connectivity index (χ3n) is 6.82. The second kappa shape index (κ2) is 10.9. The Morgan fingerprint density at radius 1 is 1.06 bits per heavy atom. The molecule has 2 heterocycles. The monoisotopic (exact) mass is 485 g/mol. The summed E-state index contributed by atoms with van der Waals surface area (Å²) in [6.07, 6.45) is 0.521. The van der Waals surface area contributed by atoms with Gasteiger partial charge in [0.1, 0.15) is 5.75 Å². The number of rotatable bonds is 8. The second-order valence-corrected chi connectivity index (χ2v) is 11.7. The van der Waals surface area contributed by atoms with Crippen LogP contribution in [0.15, 0.2) is 48.5 Å². The van der Waals surface area contributed by atoms with Crippen LogP contribution in [0.3, 0.4) is 0 Å². The van der Waals surface area contributed by atoms with Crippen molar-refractivity contribution in [3.63, 3.8) is 0 Å². The van der Waals surface area contributed by atoms with Gasteiger partial charge in [0, 0.05) is 50.9 Å². The maximum atomic E-state index is 13.4. The SMILES string of the molecule is COc1ccc(C)cc1CN1CCN(CC(=O)N(Cc2ccccc2)C2CCS(=O)(=O)C2)CC1. The molecule has 0 N–H and O–H groups in total. The topological polar surface area (TPSA) is 70.2 Å². The molecule has 184 valence electrons. The molecule has 4 rings (SSSR count). The number of carbonyl (C=O) groups is 1.